The van der Waals surface area contributed by atoms with E-state index in [-0.39, 0.29) is 18.3 Å². The molecule has 26 heavy (non-hydrogen) atoms. The van der Waals surface area contributed by atoms with Crippen LogP contribution in [0.3, 0.4) is 0 Å². The van der Waals surface area contributed by atoms with E-state index in [2.05, 4.69) is 0 Å². The van der Waals surface area contributed by atoms with Crippen LogP contribution in [-0.2, 0) is 0 Å². The average Bonchev–Trinajstić information content (AvgIpc) is 2.68. The van der Waals surface area contributed by atoms with Gasteiger partial charge in [-0.05, 0) is 61.1 Å². The van der Waals surface area contributed by atoms with Crippen LogP contribution < -0.4 is 4.74 Å². The Morgan fingerprint density at radius 1 is 1.23 bits per heavy atom. The van der Waals surface area contributed by atoms with Gasteiger partial charge in [-0.15, -0.1) is 0 Å². The molecule has 1 amide bonds. The van der Waals surface area contributed by atoms with Crippen LogP contribution in [0.1, 0.15) is 29.6 Å². The number of ether oxygens (including phenoxy) is 1. The van der Waals surface area contributed by atoms with Crippen molar-refractivity contribution in [2.24, 2.45) is 5.92 Å². The third-order valence-corrected chi connectivity index (χ3v) is 5.02. The van der Waals surface area contributed by atoms with Gasteiger partial charge >= 0.3 is 0 Å². The molecule has 1 aliphatic heterocycles. The summed E-state index contributed by atoms with van der Waals surface area (Å²) in [5.74, 6) is 0.709. The number of hydrogen-bond donors (Lipinski definition) is 1. The number of likely N-dealkylation sites (tertiary alicyclic amines) is 1. The molecule has 138 valence electrons. The zero-order valence-electron chi connectivity index (χ0n) is 15.0. The van der Waals surface area contributed by atoms with Crippen LogP contribution in [0.4, 0.5) is 4.39 Å². The Hall–Kier alpha value is -2.40. The van der Waals surface area contributed by atoms with Crippen molar-refractivity contribution in [2.45, 2.75) is 19.3 Å². The van der Waals surface area contributed by atoms with Crippen molar-refractivity contribution in [1.29, 1.82) is 0 Å². The van der Waals surface area contributed by atoms with Crippen LogP contribution in [0.2, 0.25) is 0 Å². The van der Waals surface area contributed by atoms with Crippen molar-refractivity contribution in [3.05, 3.63) is 53.8 Å². The van der Waals surface area contributed by atoms with Crippen molar-refractivity contribution in [2.75, 3.05) is 26.8 Å². The van der Waals surface area contributed by atoms with Crippen LogP contribution in [-0.4, -0.2) is 42.7 Å². The standard InChI is InChI=1S/C21H24FNO3/c1-26-20-6-5-18(22)14-19(20)16-3-2-4-17(13-16)21(25)23-10-7-15(8-11-23)9-12-24/h2-6,13-15,24H,7-12H2,1H3. The van der Waals surface area contributed by atoms with Crippen molar-refractivity contribution < 1.29 is 19.0 Å². The number of carbonyl (C=O) groups excluding carboxylic acids is 1. The van der Waals surface area contributed by atoms with Gasteiger partial charge in [0.1, 0.15) is 11.6 Å². The Kier molecular flexibility index (Phi) is 5.89. The lowest BCUT2D eigenvalue weighted by Crippen LogP contribution is -2.38. The maximum Gasteiger partial charge on any atom is 0.253 e. The molecule has 3 rings (SSSR count). The van der Waals surface area contributed by atoms with Crippen molar-refractivity contribution in [1.82, 2.24) is 4.90 Å². The van der Waals surface area contributed by atoms with Gasteiger partial charge in [-0.3, -0.25) is 4.79 Å². The van der Waals surface area contributed by atoms with E-state index < -0.39 is 0 Å². The Bertz CT molecular complexity index is 770. The normalized spacial score (nSPS) is 15.1. The minimum atomic E-state index is -0.344. The van der Waals surface area contributed by atoms with Crippen LogP contribution >= 0.6 is 0 Å². The topological polar surface area (TPSA) is 49.8 Å². The molecule has 5 heteroatoms. The van der Waals surface area contributed by atoms with Gasteiger partial charge in [0.15, 0.2) is 0 Å². The molecule has 1 heterocycles. The molecular weight excluding hydrogens is 333 g/mol. The lowest BCUT2D eigenvalue weighted by molar-refractivity contribution is 0.0678. The van der Waals surface area contributed by atoms with Gasteiger partial charge in [0.25, 0.3) is 5.91 Å². The zero-order chi connectivity index (χ0) is 18.5. The molecule has 1 aliphatic rings. The van der Waals surface area contributed by atoms with Gasteiger partial charge in [-0.25, -0.2) is 4.39 Å². The molecule has 2 aromatic carbocycles. The maximum absolute atomic E-state index is 13.7. The molecule has 0 bridgehead atoms. The van der Waals surface area contributed by atoms with Gasteiger partial charge in [-0.1, -0.05) is 12.1 Å². The predicted molar refractivity (Wildman–Crippen MR) is 98.7 cm³/mol. The Morgan fingerprint density at radius 3 is 2.69 bits per heavy atom. The summed E-state index contributed by atoms with van der Waals surface area (Å²) in [5.41, 5.74) is 1.97. The van der Waals surface area contributed by atoms with E-state index in [1.54, 1.807) is 25.3 Å². The molecule has 2 aromatic rings. The SMILES string of the molecule is COc1ccc(F)cc1-c1cccc(C(=O)N2CCC(CCO)CC2)c1. The first kappa shape index (κ1) is 18.4. The van der Waals surface area contributed by atoms with Crippen molar-refractivity contribution in [3.8, 4) is 16.9 Å². The molecule has 1 saturated heterocycles. The minimum absolute atomic E-state index is 0.00957. The first-order valence-corrected chi connectivity index (χ1v) is 8.96. The maximum atomic E-state index is 13.7. The van der Waals surface area contributed by atoms with E-state index in [0.29, 0.717) is 35.9 Å². The third-order valence-electron chi connectivity index (χ3n) is 5.02. The van der Waals surface area contributed by atoms with Crippen LogP contribution in [0.15, 0.2) is 42.5 Å². The molecular formula is C21H24FNO3. The summed E-state index contributed by atoms with van der Waals surface area (Å²) in [4.78, 5) is 14.7. The number of aliphatic hydroxyl groups is 1. The number of nitrogens with zero attached hydrogens (tertiary/aromatic N) is 1. The summed E-state index contributed by atoms with van der Waals surface area (Å²) in [7, 11) is 1.54. The number of benzene rings is 2. The highest BCUT2D eigenvalue weighted by Gasteiger charge is 2.23. The Morgan fingerprint density at radius 2 is 2.00 bits per heavy atom. The summed E-state index contributed by atoms with van der Waals surface area (Å²) in [6.45, 7) is 1.62. The monoisotopic (exact) mass is 357 g/mol. The summed E-state index contributed by atoms with van der Waals surface area (Å²) in [6.07, 6.45) is 2.64. The Labute approximate surface area is 153 Å². The quantitative estimate of drug-likeness (QED) is 0.887. The van der Waals surface area contributed by atoms with Gasteiger partial charge in [0, 0.05) is 30.8 Å². The minimum Gasteiger partial charge on any atom is -0.496 e. The third kappa shape index (κ3) is 4.05. The fourth-order valence-corrected chi connectivity index (χ4v) is 3.52. The van der Waals surface area contributed by atoms with E-state index in [1.807, 2.05) is 17.0 Å². The second-order valence-corrected chi connectivity index (χ2v) is 6.67. The first-order chi connectivity index (χ1) is 12.6. The van der Waals surface area contributed by atoms with E-state index in [1.165, 1.54) is 12.1 Å². The molecule has 0 aliphatic carbocycles. The summed E-state index contributed by atoms with van der Waals surface area (Å²) in [6, 6.07) is 11.6. The molecule has 1 N–H and O–H groups in total. The summed E-state index contributed by atoms with van der Waals surface area (Å²) >= 11 is 0. The highest BCUT2D eigenvalue weighted by atomic mass is 19.1. The fraction of sp³-hybridized carbons (Fsp3) is 0.381. The van der Waals surface area contributed by atoms with E-state index in [9.17, 15) is 9.18 Å². The number of halogens is 1. The van der Waals surface area contributed by atoms with E-state index in [0.717, 1.165) is 24.8 Å². The number of amides is 1. The molecule has 0 radical (unpaired) electrons. The number of hydrogen-bond acceptors (Lipinski definition) is 3. The van der Waals surface area contributed by atoms with Crippen molar-refractivity contribution in [3.63, 3.8) is 0 Å². The van der Waals surface area contributed by atoms with Gasteiger partial charge in [0.05, 0.1) is 7.11 Å². The van der Waals surface area contributed by atoms with Crippen molar-refractivity contribution >= 4 is 5.91 Å². The molecule has 0 spiro atoms. The lowest BCUT2D eigenvalue weighted by Gasteiger charge is -2.32. The molecule has 0 saturated carbocycles. The number of rotatable bonds is 5. The van der Waals surface area contributed by atoms with Gasteiger partial charge in [0.2, 0.25) is 0 Å². The second-order valence-electron chi connectivity index (χ2n) is 6.67. The fourth-order valence-electron chi connectivity index (χ4n) is 3.52. The second kappa shape index (κ2) is 8.32. The smallest absolute Gasteiger partial charge is 0.253 e. The van der Waals surface area contributed by atoms with Crippen LogP contribution in [0, 0.1) is 11.7 Å². The lowest BCUT2D eigenvalue weighted by atomic mass is 9.93. The molecule has 0 unspecified atom stereocenters. The summed E-state index contributed by atoms with van der Waals surface area (Å²) in [5, 5.41) is 9.06. The highest BCUT2D eigenvalue weighted by molar-refractivity contribution is 5.95. The number of piperidine rings is 1. The Balaban J connectivity index is 1.80. The van der Waals surface area contributed by atoms with E-state index in [4.69, 9.17) is 9.84 Å². The van der Waals surface area contributed by atoms with Gasteiger partial charge in [-0.2, -0.15) is 0 Å². The number of aliphatic hydroxyl groups excluding tert-OH is 1. The average molecular weight is 357 g/mol. The first-order valence-electron chi connectivity index (χ1n) is 8.96. The van der Waals surface area contributed by atoms with Crippen LogP contribution in [0.5, 0.6) is 5.75 Å². The molecule has 1 fully saturated rings. The molecule has 4 nitrogen and oxygen atoms in total. The summed E-state index contributed by atoms with van der Waals surface area (Å²) < 4.78 is 19.0. The largest absolute Gasteiger partial charge is 0.496 e. The highest BCUT2D eigenvalue weighted by Crippen LogP contribution is 2.31. The molecule has 0 aromatic heterocycles. The molecule has 0 atom stereocenters. The number of carbonyl (C=O) groups is 1. The van der Waals surface area contributed by atoms with Gasteiger partial charge < -0.3 is 14.7 Å². The predicted octanol–water partition coefficient (Wildman–Crippen LogP) is 3.74. The van der Waals surface area contributed by atoms with E-state index >= 15 is 0 Å². The zero-order valence-corrected chi connectivity index (χ0v) is 15.0. The number of methoxy groups -OCH3 is 1. The van der Waals surface area contributed by atoms with Crippen LogP contribution in [0.25, 0.3) is 11.1 Å².